The predicted octanol–water partition coefficient (Wildman–Crippen LogP) is 3.71. The summed E-state index contributed by atoms with van der Waals surface area (Å²) in [5.74, 6) is -0.711. The highest BCUT2D eigenvalue weighted by atomic mass is 19.4. The Kier molecular flexibility index (Phi) is 4.01. The molecule has 3 rings (SSSR count). The zero-order valence-electron chi connectivity index (χ0n) is 12.7. The highest BCUT2D eigenvalue weighted by Crippen LogP contribution is 2.37. The lowest BCUT2D eigenvalue weighted by Crippen LogP contribution is -2.39. The SMILES string of the molecule is CN(C(=O)c1ccc2nccn2c1)C(c1ccccc1)C(F)(F)F. The molecule has 2 aromatic heterocycles. The molecule has 0 aliphatic heterocycles. The van der Waals surface area contributed by atoms with Crippen LogP contribution < -0.4 is 0 Å². The second kappa shape index (κ2) is 5.99. The van der Waals surface area contributed by atoms with Crippen molar-refractivity contribution in [2.75, 3.05) is 7.05 Å². The number of aromatic nitrogens is 2. The van der Waals surface area contributed by atoms with Gasteiger partial charge in [-0.05, 0) is 17.7 Å². The fourth-order valence-corrected chi connectivity index (χ4v) is 2.63. The normalized spacial score (nSPS) is 13.0. The Morgan fingerprint density at radius 3 is 2.54 bits per heavy atom. The Hall–Kier alpha value is -2.83. The van der Waals surface area contributed by atoms with Gasteiger partial charge >= 0.3 is 6.18 Å². The second-order valence-electron chi connectivity index (χ2n) is 5.38. The number of imidazole rings is 1. The van der Waals surface area contributed by atoms with Gasteiger partial charge in [-0.1, -0.05) is 30.3 Å². The molecule has 0 spiro atoms. The first-order chi connectivity index (χ1) is 11.4. The van der Waals surface area contributed by atoms with Crippen molar-refractivity contribution in [3.8, 4) is 0 Å². The third kappa shape index (κ3) is 2.97. The molecule has 0 radical (unpaired) electrons. The van der Waals surface area contributed by atoms with Gasteiger partial charge in [0.1, 0.15) is 5.65 Å². The molecule has 0 fully saturated rings. The lowest BCUT2D eigenvalue weighted by molar-refractivity contribution is -0.176. The summed E-state index contributed by atoms with van der Waals surface area (Å²) in [7, 11) is 1.16. The lowest BCUT2D eigenvalue weighted by atomic mass is 10.0. The van der Waals surface area contributed by atoms with Gasteiger partial charge in [0.2, 0.25) is 0 Å². The Morgan fingerprint density at radius 2 is 1.88 bits per heavy atom. The molecular weight excluding hydrogens is 319 g/mol. The van der Waals surface area contributed by atoms with Gasteiger partial charge in [-0.3, -0.25) is 4.79 Å². The molecule has 0 N–H and O–H groups in total. The monoisotopic (exact) mass is 333 g/mol. The molecule has 0 bridgehead atoms. The van der Waals surface area contributed by atoms with E-state index in [9.17, 15) is 18.0 Å². The number of nitrogens with zero attached hydrogens (tertiary/aromatic N) is 3. The van der Waals surface area contributed by atoms with Crippen LogP contribution >= 0.6 is 0 Å². The van der Waals surface area contributed by atoms with Crippen molar-refractivity contribution in [2.24, 2.45) is 0 Å². The molecule has 0 saturated carbocycles. The molecule has 0 aliphatic carbocycles. The molecule has 24 heavy (non-hydrogen) atoms. The van der Waals surface area contributed by atoms with Crippen molar-refractivity contribution in [2.45, 2.75) is 12.2 Å². The number of amides is 1. The average molecular weight is 333 g/mol. The Labute approximate surface area is 136 Å². The van der Waals surface area contributed by atoms with Crippen LogP contribution in [-0.4, -0.2) is 33.4 Å². The fourth-order valence-electron chi connectivity index (χ4n) is 2.63. The molecule has 124 valence electrons. The largest absolute Gasteiger partial charge is 0.413 e. The summed E-state index contributed by atoms with van der Waals surface area (Å²) >= 11 is 0. The molecule has 1 amide bonds. The first kappa shape index (κ1) is 16.0. The smallest absolute Gasteiger partial charge is 0.326 e. The maximum absolute atomic E-state index is 13.5. The summed E-state index contributed by atoms with van der Waals surface area (Å²) in [5, 5.41) is 0. The lowest BCUT2D eigenvalue weighted by Gasteiger charge is -2.30. The fraction of sp³-hybridized carbons (Fsp3) is 0.176. The van der Waals surface area contributed by atoms with E-state index in [-0.39, 0.29) is 11.1 Å². The van der Waals surface area contributed by atoms with Crippen molar-refractivity contribution in [1.29, 1.82) is 0 Å². The van der Waals surface area contributed by atoms with Crippen molar-refractivity contribution in [1.82, 2.24) is 14.3 Å². The number of pyridine rings is 1. The van der Waals surface area contributed by atoms with Crippen LogP contribution in [0.25, 0.3) is 5.65 Å². The molecule has 1 unspecified atom stereocenters. The van der Waals surface area contributed by atoms with Gasteiger partial charge in [-0.15, -0.1) is 0 Å². The molecule has 0 saturated heterocycles. The highest BCUT2D eigenvalue weighted by molar-refractivity contribution is 5.94. The molecule has 4 nitrogen and oxygen atoms in total. The van der Waals surface area contributed by atoms with E-state index in [1.54, 1.807) is 28.9 Å². The van der Waals surface area contributed by atoms with E-state index in [1.165, 1.54) is 36.5 Å². The Balaban J connectivity index is 1.97. The van der Waals surface area contributed by atoms with Gasteiger partial charge in [0.15, 0.2) is 6.04 Å². The maximum atomic E-state index is 13.5. The summed E-state index contributed by atoms with van der Waals surface area (Å²) in [5.41, 5.74) is 0.794. The average Bonchev–Trinajstić information content (AvgIpc) is 3.01. The maximum Gasteiger partial charge on any atom is 0.413 e. The number of carbonyl (C=O) groups is 1. The molecule has 3 aromatic rings. The summed E-state index contributed by atoms with van der Waals surface area (Å²) < 4.78 is 42.2. The molecule has 1 atom stereocenters. The van der Waals surface area contributed by atoms with Gasteiger partial charge in [-0.2, -0.15) is 13.2 Å². The minimum atomic E-state index is -4.58. The van der Waals surface area contributed by atoms with Crippen LogP contribution in [0.3, 0.4) is 0 Å². The quantitative estimate of drug-likeness (QED) is 0.733. The van der Waals surface area contributed by atoms with Crippen LogP contribution in [0.2, 0.25) is 0 Å². The third-order valence-electron chi connectivity index (χ3n) is 3.77. The minimum absolute atomic E-state index is 0.0181. The second-order valence-corrected chi connectivity index (χ2v) is 5.38. The summed E-state index contributed by atoms with van der Waals surface area (Å²) in [4.78, 5) is 17.3. The number of carbonyl (C=O) groups excluding carboxylic acids is 1. The van der Waals surface area contributed by atoms with E-state index >= 15 is 0 Å². The zero-order chi connectivity index (χ0) is 17.3. The standard InChI is InChI=1S/C17H14F3N3O/c1-22(15(17(18,19)20)12-5-3-2-4-6-12)16(24)13-7-8-14-21-9-10-23(14)11-13/h2-11,15H,1H3. The van der Waals surface area contributed by atoms with E-state index in [2.05, 4.69) is 4.98 Å². The van der Waals surface area contributed by atoms with Crippen LogP contribution in [0.4, 0.5) is 13.2 Å². The number of alkyl halides is 3. The van der Waals surface area contributed by atoms with Crippen molar-refractivity contribution >= 4 is 11.6 Å². The summed E-state index contributed by atoms with van der Waals surface area (Å²) in [6.45, 7) is 0. The number of hydrogen-bond donors (Lipinski definition) is 0. The first-order valence-electron chi connectivity index (χ1n) is 7.19. The molecule has 0 aliphatic rings. The van der Waals surface area contributed by atoms with Gasteiger partial charge < -0.3 is 9.30 Å². The summed E-state index contributed by atoms with van der Waals surface area (Å²) in [6.07, 6.45) is 0.0742. The Morgan fingerprint density at radius 1 is 1.17 bits per heavy atom. The van der Waals surface area contributed by atoms with Gasteiger partial charge in [-0.25, -0.2) is 4.98 Å². The van der Waals surface area contributed by atoms with Gasteiger partial charge in [0.25, 0.3) is 5.91 Å². The van der Waals surface area contributed by atoms with E-state index in [4.69, 9.17) is 0 Å². The van der Waals surface area contributed by atoms with Crippen molar-refractivity contribution < 1.29 is 18.0 Å². The Bertz CT molecular complexity index is 858. The molecule has 7 heteroatoms. The predicted molar refractivity (Wildman–Crippen MR) is 82.5 cm³/mol. The highest BCUT2D eigenvalue weighted by Gasteiger charge is 2.45. The van der Waals surface area contributed by atoms with Crippen LogP contribution in [-0.2, 0) is 0 Å². The van der Waals surface area contributed by atoms with Gasteiger partial charge in [0, 0.05) is 25.6 Å². The minimum Gasteiger partial charge on any atom is -0.326 e. The van der Waals surface area contributed by atoms with Crippen LogP contribution in [0.1, 0.15) is 22.0 Å². The number of rotatable bonds is 3. The molecular formula is C17H14F3N3O. The first-order valence-corrected chi connectivity index (χ1v) is 7.19. The van der Waals surface area contributed by atoms with E-state index in [0.717, 1.165) is 7.05 Å². The topological polar surface area (TPSA) is 37.6 Å². The summed E-state index contributed by atoms with van der Waals surface area (Å²) in [6, 6.07) is 8.44. The third-order valence-corrected chi connectivity index (χ3v) is 3.77. The van der Waals surface area contributed by atoms with E-state index in [1.807, 2.05) is 0 Å². The van der Waals surface area contributed by atoms with Crippen LogP contribution in [0.5, 0.6) is 0 Å². The van der Waals surface area contributed by atoms with Crippen molar-refractivity contribution in [3.05, 3.63) is 72.2 Å². The van der Waals surface area contributed by atoms with E-state index < -0.39 is 18.1 Å². The van der Waals surface area contributed by atoms with Crippen LogP contribution in [0.15, 0.2) is 61.1 Å². The van der Waals surface area contributed by atoms with E-state index in [0.29, 0.717) is 10.5 Å². The number of halogens is 3. The van der Waals surface area contributed by atoms with Crippen molar-refractivity contribution in [3.63, 3.8) is 0 Å². The van der Waals surface area contributed by atoms with Gasteiger partial charge in [0.05, 0.1) is 5.56 Å². The zero-order valence-corrected chi connectivity index (χ0v) is 12.7. The number of hydrogen-bond acceptors (Lipinski definition) is 2. The number of fused-ring (bicyclic) bond motifs is 1. The molecule has 1 aromatic carbocycles. The number of benzene rings is 1. The van der Waals surface area contributed by atoms with Crippen LogP contribution in [0, 0.1) is 0 Å². The molecule has 2 heterocycles.